The summed E-state index contributed by atoms with van der Waals surface area (Å²) in [6, 6.07) is 15.9. The second-order valence-corrected chi connectivity index (χ2v) is 7.68. The maximum absolute atomic E-state index is 12.1. The average Bonchev–Trinajstić information content (AvgIpc) is 2.67. The molecular weight excluding hydrogens is 366 g/mol. The molecule has 0 N–H and O–H groups in total. The minimum absolute atomic E-state index is 0.00131. The third kappa shape index (κ3) is 6.69. The number of ether oxygens (including phenoxy) is 1. The molecule has 0 bridgehead atoms. The van der Waals surface area contributed by atoms with Gasteiger partial charge in [-0.05, 0) is 38.0 Å². The van der Waals surface area contributed by atoms with Crippen LogP contribution in [0, 0.1) is 6.92 Å². The van der Waals surface area contributed by atoms with E-state index in [0.717, 1.165) is 11.1 Å². The molecule has 146 valence electrons. The summed E-state index contributed by atoms with van der Waals surface area (Å²) >= 11 is 0. The Morgan fingerprint density at radius 2 is 1.70 bits per heavy atom. The third-order valence-electron chi connectivity index (χ3n) is 3.97. The fourth-order valence-corrected chi connectivity index (χ4v) is 3.33. The first-order valence-corrected chi connectivity index (χ1v) is 10.2. The molecule has 7 heteroatoms. The van der Waals surface area contributed by atoms with Crippen LogP contribution in [0.15, 0.2) is 59.5 Å². The summed E-state index contributed by atoms with van der Waals surface area (Å²) in [6.07, 6.45) is -0.0398. The van der Waals surface area contributed by atoms with Gasteiger partial charge in [0.05, 0.1) is 11.5 Å². The molecule has 0 fully saturated rings. The van der Waals surface area contributed by atoms with Crippen molar-refractivity contribution in [3.63, 3.8) is 0 Å². The standard InChI is InChI=1S/C20H25NO5S/c1-3-21(20(22)25-16-18-8-5-4-6-9-18)14-7-15-26-27(23,24)19-12-10-17(2)11-13-19/h4-6,8-13H,3,7,14-16H2,1-2H3. The quantitative estimate of drug-likeness (QED) is 0.481. The zero-order valence-electron chi connectivity index (χ0n) is 15.6. The molecule has 0 heterocycles. The molecule has 6 nitrogen and oxygen atoms in total. The highest BCUT2D eigenvalue weighted by atomic mass is 32.2. The van der Waals surface area contributed by atoms with Crippen molar-refractivity contribution in [3.05, 3.63) is 65.7 Å². The van der Waals surface area contributed by atoms with E-state index in [0.29, 0.717) is 19.5 Å². The molecule has 0 saturated heterocycles. The normalized spacial score (nSPS) is 11.2. The van der Waals surface area contributed by atoms with E-state index in [4.69, 9.17) is 8.92 Å². The number of benzene rings is 2. The van der Waals surface area contributed by atoms with E-state index in [1.807, 2.05) is 44.2 Å². The van der Waals surface area contributed by atoms with Gasteiger partial charge in [-0.1, -0.05) is 48.0 Å². The fourth-order valence-electron chi connectivity index (χ4n) is 2.39. The van der Waals surface area contributed by atoms with Crippen molar-refractivity contribution in [1.82, 2.24) is 4.90 Å². The molecule has 0 radical (unpaired) electrons. The Bertz CT molecular complexity index is 819. The lowest BCUT2D eigenvalue weighted by atomic mass is 10.2. The van der Waals surface area contributed by atoms with Crippen LogP contribution in [0.2, 0.25) is 0 Å². The van der Waals surface area contributed by atoms with E-state index in [2.05, 4.69) is 0 Å². The van der Waals surface area contributed by atoms with Crippen molar-refractivity contribution in [2.45, 2.75) is 31.8 Å². The summed E-state index contributed by atoms with van der Waals surface area (Å²) in [4.78, 5) is 13.8. The highest BCUT2D eigenvalue weighted by Gasteiger charge is 2.16. The Morgan fingerprint density at radius 3 is 2.33 bits per heavy atom. The number of hydrogen-bond donors (Lipinski definition) is 0. The largest absolute Gasteiger partial charge is 0.445 e. The van der Waals surface area contributed by atoms with Crippen LogP contribution < -0.4 is 0 Å². The summed E-state index contributed by atoms with van der Waals surface area (Å²) < 4.78 is 34.6. The van der Waals surface area contributed by atoms with Gasteiger partial charge >= 0.3 is 6.09 Å². The smallest absolute Gasteiger partial charge is 0.410 e. The van der Waals surface area contributed by atoms with Crippen LogP contribution in [0.25, 0.3) is 0 Å². The summed E-state index contributed by atoms with van der Waals surface area (Å²) in [7, 11) is -3.78. The Labute approximate surface area is 160 Å². The summed E-state index contributed by atoms with van der Waals surface area (Å²) in [6.45, 7) is 4.75. The molecule has 2 aromatic rings. The Balaban J connectivity index is 1.76. The Morgan fingerprint density at radius 1 is 1.04 bits per heavy atom. The zero-order valence-corrected chi connectivity index (χ0v) is 16.4. The lowest BCUT2D eigenvalue weighted by molar-refractivity contribution is 0.0961. The van der Waals surface area contributed by atoms with E-state index < -0.39 is 16.2 Å². The van der Waals surface area contributed by atoms with Crippen molar-refractivity contribution < 1.29 is 22.1 Å². The monoisotopic (exact) mass is 391 g/mol. The molecule has 0 aromatic heterocycles. The second-order valence-electron chi connectivity index (χ2n) is 6.06. The summed E-state index contributed by atoms with van der Waals surface area (Å²) in [5, 5.41) is 0. The van der Waals surface area contributed by atoms with Crippen LogP contribution in [0.3, 0.4) is 0 Å². The number of hydrogen-bond acceptors (Lipinski definition) is 5. The lowest BCUT2D eigenvalue weighted by Gasteiger charge is -2.20. The van der Waals surface area contributed by atoms with E-state index in [9.17, 15) is 13.2 Å². The highest BCUT2D eigenvalue weighted by Crippen LogP contribution is 2.13. The van der Waals surface area contributed by atoms with Crippen molar-refractivity contribution in [3.8, 4) is 0 Å². The van der Waals surface area contributed by atoms with Crippen molar-refractivity contribution in [1.29, 1.82) is 0 Å². The maximum atomic E-state index is 12.1. The van der Waals surface area contributed by atoms with Gasteiger partial charge in [-0.15, -0.1) is 0 Å². The van der Waals surface area contributed by atoms with Gasteiger partial charge < -0.3 is 9.64 Å². The number of amides is 1. The van der Waals surface area contributed by atoms with Gasteiger partial charge in [0.25, 0.3) is 10.1 Å². The van der Waals surface area contributed by atoms with Crippen LogP contribution in [0.1, 0.15) is 24.5 Å². The summed E-state index contributed by atoms with van der Waals surface area (Å²) in [5.74, 6) is 0. The van der Waals surface area contributed by atoms with Crippen molar-refractivity contribution in [2.75, 3.05) is 19.7 Å². The van der Waals surface area contributed by atoms with Crippen LogP contribution in [0.5, 0.6) is 0 Å². The van der Waals surface area contributed by atoms with E-state index in [-0.39, 0.29) is 18.1 Å². The fraction of sp³-hybridized carbons (Fsp3) is 0.350. The number of carbonyl (C=O) groups excluding carboxylic acids is 1. The molecule has 0 saturated carbocycles. The van der Waals surface area contributed by atoms with Crippen LogP contribution in [0.4, 0.5) is 4.79 Å². The van der Waals surface area contributed by atoms with Gasteiger partial charge in [0, 0.05) is 13.1 Å². The van der Waals surface area contributed by atoms with Crippen molar-refractivity contribution >= 4 is 16.2 Å². The van der Waals surface area contributed by atoms with Gasteiger partial charge in [0.15, 0.2) is 0 Å². The van der Waals surface area contributed by atoms with E-state index >= 15 is 0 Å². The molecule has 0 aliphatic carbocycles. The van der Waals surface area contributed by atoms with Gasteiger partial charge in [0.2, 0.25) is 0 Å². The average molecular weight is 391 g/mol. The first-order valence-electron chi connectivity index (χ1n) is 8.84. The zero-order chi connectivity index (χ0) is 19.7. The van der Waals surface area contributed by atoms with Crippen LogP contribution >= 0.6 is 0 Å². The van der Waals surface area contributed by atoms with Gasteiger partial charge in [-0.2, -0.15) is 8.42 Å². The topological polar surface area (TPSA) is 72.9 Å². The van der Waals surface area contributed by atoms with Gasteiger partial charge in [-0.25, -0.2) is 4.79 Å². The number of rotatable bonds is 9. The minimum atomic E-state index is -3.78. The van der Waals surface area contributed by atoms with E-state index in [1.54, 1.807) is 12.1 Å². The predicted octanol–water partition coefficient (Wildman–Crippen LogP) is 3.75. The lowest BCUT2D eigenvalue weighted by Crippen LogP contribution is -2.32. The molecule has 1 amide bonds. The van der Waals surface area contributed by atoms with Gasteiger partial charge in [-0.3, -0.25) is 4.18 Å². The molecule has 2 aromatic carbocycles. The first kappa shape index (κ1) is 20.9. The summed E-state index contributed by atoms with van der Waals surface area (Å²) in [5.41, 5.74) is 1.89. The van der Waals surface area contributed by atoms with Crippen LogP contribution in [-0.2, 0) is 25.6 Å². The molecule has 0 spiro atoms. The number of nitrogens with zero attached hydrogens (tertiary/aromatic N) is 1. The Hall–Kier alpha value is -2.38. The number of aryl methyl sites for hydroxylation is 1. The SMILES string of the molecule is CCN(CCCOS(=O)(=O)c1ccc(C)cc1)C(=O)OCc1ccccc1. The second kappa shape index (κ2) is 10.1. The molecular formula is C20H25NO5S. The van der Waals surface area contributed by atoms with E-state index in [1.165, 1.54) is 17.0 Å². The predicted molar refractivity (Wildman–Crippen MR) is 103 cm³/mol. The molecule has 0 unspecified atom stereocenters. The minimum Gasteiger partial charge on any atom is -0.445 e. The first-order chi connectivity index (χ1) is 12.9. The van der Waals surface area contributed by atoms with Crippen LogP contribution in [-0.4, -0.2) is 39.1 Å². The molecule has 0 aliphatic rings. The van der Waals surface area contributed by atoms with Crippen molar-refractivity contribution in [2.24, 2.45) is 0 Å². The maximum Gasteiger partial charge on any atom is 0.410 e. The Kier molecular flexibility index (Phi) is 7.82. The highest BCUT2D eigenvalue weighted by molar-refractivity contribution is 7.86. The van der Waals surface area contributed by atoms with Gasteiger partial charge in [0.1, 0.15) is 6.61 Å². The molecule has 27 heavy (non-hydrogen) atoms. The molecule has 0 atom stereocenters. The molecule has 0 aliphatic heterocycles. The third-order valence-corrected chi connectivity index (χ3v) is 5.29. The number of carbonyl (C=O) groups is 1. The molecule has 2 rings (SSSR count).